The first kappa shape index (κ1) is 12.4. The van der Waals surface area contributed by atoms with E-state index in [1.807, 2.05) is 0 Å². The van der Waals surface area contributed by atoms with Crippen molar-refractivity contribution in [3.8, 4) is 0 Å². The topological polar surface area (TPSA) is 29.3 Å². The zero-order chi connectivity index (χ0) is 11.5. The number of piperidine rings is 1. The Morgan fingerprint density at radius 3 is 2.50 bits per heavy atom. The Kier molecular flexibility index (Phi) is 4.26. The Morgan fingerprint density at radius 1 is 0.938 bits per heavy atom. The lowest BCUT2D eigenvalue weighted by Crippen LogP contribution is -2.54. The summed E-state index contributed by atoms with van der Waals surface area (Å²) < 4.78 is 0. The van der Waals surface area contributed by atoms with Crippen LogP contribution in [0.1, 0.15) is 58.8 Å². The molecule has 2 nitrogen and oxygen atoms in total. The second kappa shape index (κ2) is 5.50. The molecule has 0 aromatic heterocycles. The molecule has 1 aliphatic carbocycles. The zero-order valence-electron chi connectivity index (χ0n) is 11.0. The average Bonchev–Trinajstić information content (AvgIpc) is 2.47. The molecule has 94 valence electrons. The minimum atomic E-state index is 0.426. The van der Waals surface area contributed by atoms with Crippen molar-refractivity contribution in [3.63, 3.8) is 0 Å². The first-order valence-electron chi connectivity index (χ1n) is 7.21. The summed E-state index contributed by atoms with van der Waals surface area (Å²) in [6.45, 7) is 6.09. The van der Waals surface area contributed by atoms with E-state index in [1.54, 1.807) is 0 Å². The predicted octanol–water partition coefficient (Wildman–Crippen LogP) is 2.77. The molecular formula is C14H28N2. The fourth-order valence-electron chi connectivity index (χ4n) is 3.56. The van der Waals surface area contributed by atoms with Crippen LogP contribution in [0, 0.1) is 5.92 Å². The molecule has 2 aliphatic rings. The number of nitrogens with two attached hydrogens (primary N) is 1. The van der Waals surface area contributed by atoms with Crippen LogP contribution in [0.4, 0.5) is 0 Å². The molecule has 1 saturated carbocycles. The van der Waals surface area contributed by atoms with Crippen molar-refractivity contribution in [1.29, 1.82) is 0 Å². The quantitative estimate of drug-likeness (QED) is 0.694. The van der Waals surface area contributed by atoms with Crippen LogP contribution >= 0.6 is 0 Å². The smallest absolute Gasteiger partial charge is 0.0250 e. The van der Waals surface area contributed by atoms with Gasteiger partial charge in [0, 0.05) is 18.1 Å². The number of likely N-dealkylation sites (tertiary alicyclic amines) is 1. The molecule has 0 radical (unpaired) electrons. The summed E-state index contributed by atoms with van der Waals surface area (Å²) in [6.07, 6.45) is 9.46. The van der Waals surface area contributed by atoms with Crippen LogP contribution < -0.4 is 5.73 Å². The van der Waals surface area contributed by atoms with Gasteiger partial charge in [0.2, 0.25) is 0 Å². The molecule has 0 aromatic rings. The molecule has 2 N–H and O–H groups in total. The van der Waals surface area contributed by atoms with Crippen molar-refractivity contribution in [2.75, 3.05) is 6.54 Å². The van der Waals surface area contributed by atoms with Gasteiger partial charge in [-0.05, 0) is 45.1 Å². The van der Waals surface area contributed by atoms with Gasteiger partial charge in [-0.3, -0.25) is 4.90 Å². The maximum Gasteiger partial charge on any atom is 0.0250 e. The van der Waals surface area contributed by atoms with Crippen LogP contribution in [0.5, 0.6) is 0 Å². The van der Waals surface area contributed by atoms with Gasteiger partial charge in [-0.2, -0.15) is 0 Å². The molecule has 2 heteroatoms. The van der Waals surface area contributed by atoms with Crippen LogP contribution in [0.3, 0.4) is 0 Å². The lowest BCUT2D eigenvalue weighted by Gasteiger charge is -2.44. The first-order valence-corrected chi connectivity index (χ1v) is 7.21. The highest BCUT2D eigenvalue weighted by Gasteiger charge is 2.33. The van der Waals surface area contributed by atoms with Crippen LogP contribution in [0.25, 0.3) is 0 Å². The standard InChI is InChI=1S/C14H28N2/c1-11-7-6-10-16(12(11)2)14-9-5-3-4-8-13(14)15/h11-14H,3-10,15H2,1-2H3. The summed E-state index contributed by atoms with van der Waals surface area (Å²) in [5, 5.41) is 0. The molecule has 16 heavy (non-hydrogen) atoms. The molecule has 4 atom stereocenters. The Balaban J connectivity index is 2.02. The van der Waals surface area contributed by atoms with E-state index in [4.69, 9.17) is 5.73 Å². The Bertz CT molecular complexity index is 217. The number of hydrogen-bond acceptors (Lipinski definition) is 2. The highest BCUT2D eigenvalue weighted by atomic mass is 15.2. The minimum Gasteiger partial charge on any atom is -0.326 e. The molecule has 1 aliphatic heterocycles. The van der Waals surface area contributed by atoms with Gasteiger partial charge in [0.05, 0.1) is 0 Å². The molecule has 4 unspecified atom stereocenters. The molecule has 1 saturated heterocycles. The van der Waals surface area contributed by atoms with Gasteiger partial charge in [0.1, 0.15) is 0 Å². The van der Waals surface area contributed by atoms with Gasteiger partial charge in [-0.15, -0.1) is 0 Å². The second-order valence-corrected chi connectivity index (χ2v) is 5.97. The van der Waals surface area contributed by atoms with Crippen molar-refractivity contribution in [3.05, 3.63) is 0 Å². The summed E-state index contributed by atoms with van der Waals surface area (Å²) in [5.41, 5.74) is 6.38. The van der Waals surface area contributed by atoms with Crippen LogP contribution in [-0.4, -0.2) is 29.6 Å². The second-order valence-electron chi connectivity index (χ2n) is 5.97. The summed E-state index contributed by atoms with van der Waals surface area (Å²) in [7, 11) is 0. The van der Waals surface area contributed by atoms with E-state index in [0.717, 1.165) is 12.0 Å². The van der Waals surface area contributed by atoms with Crippen molar-refractivity contribution in [2.24, 2.45) is 11.7 Å². The monoisotopic (exact) mass is 224 g/mol. The lowest BCUT2D eigenvalue weighted by molar-refractivity contribution is 0.0527. The van der Waals surface area contributed by atoms with E-state index in [-0.39, 0.29) is 0 Å². The van der Waals surface area contributed by atoms with E-state index in [9.17, 15) is 0 Å². The van der Waals surface area contributed by atoms with Gasteiger partial charge in [-0.25, -0.2) is 0 Å². The van der Waals surface area contributed by atoms with Gasteiger partial charge in [-0.1, -0.05) is 26.2 Å². The number of nitrogens with zero attached hydrogens (tertiary/aromatic N) is 1. The maximum absolute atomic E-state index is 6.38. The highest BCUT2D eigenvalue weighted by molar-refractivity contribution is 4.90. The molecule has 0 aromatic carbocycles. The molecule has 2 rings (SSSR count). The van der Waals surface area contributed by atoms with E-state index >= 15 is 0 Å². The van der Waals surface area contributed by atoms with E-state index in [0.29, 0.717) is 12.1 Å². The lowest BCUT2D eigenvalue weighted by atomic mass is 9.88. The van der Waals surface area contributed by atoms with E-state index in [1.165, 1.54) is 51.5 Å². The maximum atomic E-state index is 6.38. The summed E-state index contributed by atoms with van der Waals surface area (Å²) in [4.78, 5) is 2.73. The highest BCUT2D eigenvalue weighted by Crippen LogP contribution is 2.29. The van der Waals surface area contributed by atoms with Crippen LogP contribution in [0.15, 0.2) is 0 Å². The molecule has 2 fully saturated rings. The van der Waals surface area contributed by atoms with Crippen molar-refractivity contribution in [2.45, 2.75) is 76.9 Å². The predicted molar refractivity (Wildman–Crippen MR) is 69.4 cm³/mol. The molecule has 0 bridgehead atoms. The molecular weight excluding hydrogens is 196 g/mol. The van der Waals surface area contributed by atoms with Gasteiger partial charge < -0.3 is 5.73 Å². The zero-order valence-corrected chi connectivity index (χ0v) is 11.0. The van der Waals surface area contributed by atoms with Crippen LogP contribution in [0.2, 0.25) is 0 Å². The van der Waals surface area contributed by atoms with Crippen molar-refractivity contribution < 1.29 is 0 Å². The number of rotatable bonds is 1. The number of hydrogen-bond donors (Lipinski definition) is 1. The SMILES string of the molecule is CC1CCCN(C2CCCCCC2N)C1C. The third kappa shape index (κ3) is 2.60. The summed E-state index contributed by atoms with van der Waals surface area (Å²) >= 11 is 0. The Hall–Kier alpha value is -0.0800. The third-order valence-corrected chi connectivity index (χ3v) is 4.88. The largest absolute Gasteiger partial charge is 0.326 e. The Morgan fingerprint density at radius 2 is 1.69 bits per heavy atom. The van der Waals surface area contributed by atoms with Gasteiger partial charge >= 0.3 is 0 Å². The van der Waals surface area contributed by atoms with E-state index in [2.05, 4.69) is 18.7 Å². The normalized spacial score (nSPS) is 42.9. The fraction of sp³-hybridized carbons (Fsp3) is 1.00. The van der Waals surface area contributed by atoms with Crippen LogP contribution in [-0.2, 0) is 0 Å². The fourth-order valence-corrected chi connectivity index (χ4v) is 3.56. The van der Waals surface area contributed by atoms with Crippen molar-refractivity contribution >= 4 is 0 Å². The Labute approximate surface area is 101 Å². The average molecular weight is 224 g/mol. The molecule has 0 spiro atoms. The van der Waals surface area contributed by atoms with E-state index < -0.39 is 0 Å². The minimum absolute atomic E-state index is 0.426. The summed E-state index contributed by atoms with van der Waals surface area (Å²) in [5.74, 6) is 0.851. The van der Waals surface area contributed by atoms with Crippen molar-refractivity contribution in [1.82, 2.24) is 4.90 Å². The third-order valence-electron chi connectivity index (χ3n) is 4.88. The summed E-state index contributed by atoms with van der Waals surface area (Å²) in [6, 6.07) is 1.83. The molecule has 0 amide bonds. The molecule has 1 heterocycles. The van der Waals surface area contributed by atoms with Gasteiger partial charge in [0.15, 0.2) is 0 Å². The van der Waals surface area contributed by atoms with Gasteiger partial charge in [0.25, 0.3) is 0 Å². The first-order chi connectivity index (χ1) is 7.70.